The van der Waals surface area contributed by atoms with Crippen LogP contribution in [-0.2, 0) is 9.59 Å². The molecule has 5 nitrogen and oxygen atoms in total. The fourth-order valence-electron chi connectivity index (χ4n) is 1.67. The summed E-state index contributed by atoms with van der Waals surface area (Å²) in [6, 6.07) is 6.86. The summed E-state index contributed by atoms with van der Waals surface area (Å²) in [6.07, 6.45) is 0. The molecule has 1 aromatic carbocycles. The van der Waals surface area contributed by atoms with Crippen molar-refractivity contribution in [1.82, 2.24) is 5.32 Å². The number of carboxylic acids is 1. The van der Waals surface area contributed by atoms with Gasteiger partial charge in [0.25, 0.3) is 0 Å². The van der Waals surface area contributed by atoms with Crippen molar-refractivity contribution in [2.24, 2.45) is 5.41 Å². The van der Waals surface area contributed by atoms with Crippen molar-refractivity contribution in [2.75, 3.05) is 13.7 Å². The second-order valence-corrected chi connectivity index (χ2v) is 5.63. The molecule has 5 heteroatoms. The summed E-state index contributed by atoms with van der Waals surface area (Å²) >= 11 is 0. The monoisotopic (exact) mass is 279 g/mol. The van der Waals surface area contributed by atoms with Gasteiger partial charge in [0.2, 0.25) is 5.91 Å². The average molecular weight is 279 g/mol. The number of benzene rings is 1. The molecular formula is C15H21NO4. The van der Waals surface area contributed by atoms with E-state index < -0.39 is 17.3 Å². The third-order valence-electron chi connectivity index (χ3n) is 2.94. The van der Waals surface area contributed by atoms with Crippen molar-refractivity contribution in [3.05, 3.63) is 29.8 Å². The second kappa shape index (κ2) is 6.41. The zero-order valence-corrected chi connectivity index (χ0v) is 12.3. The lowest BCUT2D eigenvalue weighted by atomic mass is 9.94. The molecule has 0 aromatic heterocycles. The summed E-state index contributed by atoms with van der Waals surface area (Å²) in [5.74, 6) is -1.36. The Morgan fingerprint density at radius 2 is 2.00 bits per heavy atom. The lowest BCUT2D eigenvalue weighted by Gasteiger charge is -2.20. The predicted octanol–water partition coefficient (Wildman–Crippen LogP) is 2.03. The molecular weight excluding hydrogens is 258 g/mol. The molecule has 0 aliphatic rings. The minimum Gasteiger partial charge on any atom is -0.497 e. The molecule has 0 unspecified atom stereocenters. The maximum Gasteiger partial charge on any atom is 0.312 e. The quantitative estimate of drug-likeness (QED) is 0.864. The number of carbonyl (C=O) groups is 2. The van der Waals surface area contributed by atoms with E-state index in [1.165, 1.54) is 7.11 Å². The Morgan fingerprint density at radius 3 is 2.50 bits per heavy atom. The van der Waals surface area contributed by atoms with Crippen LogP contribution in [0.25, 0.3) is 0 Å². The number of carboxylic acid groups (broad SMARTS) is 1. The zero-order valence-electron chi connectivity index (χ0n) is 12.3. The van der Waals surface area contributed by atoms with Crippen LogP contribution in [-0.4, -0.2) is 30.6 Å². The molecule has 0 saturated heterocycles. The molecule has 0 spiro atoms. The Morgan fingerprint density at radius 1 is 1.35 bits per heavy atom. The first-order valence-corrected chi connectivity index (χ1v) is 6.40. The first-order valence-electron chi connectivity index (χ1n) is 6.40. The number of aliphatic carboxylic acids is 1. The van der Waals surface area contributed by atoms with E-state index in [4.69, 9.17) is 4.74 Å². The van der Waals surface area contributed by atoms with Gasteiger partial charge >= 0.3 is 5.97 Å². The normalized spacial score (nSPS) is 12.6. The first kappa shape index (κ1) is 16.0. The highest BCUT2D eigenvalue weighted by Gasteiger charge is 2.25. The minimum absolute atomic E-state index is 0.0542. The van der Waals surface area contributed by atoms with Gasteiger partial charge in [-0.15, -0.1) is 0 Å². The van der Waals surface area contributed by atoms with Crippen molar-refractivity contribution >= 4 is 11.9 Å². The molecule has 0 aliphatic carbocycles. The van der Waals surface area contributed by atoms with Crippen LogP contribution in [0.2, 0.25) is 0 Å². The highest BCUT2D eigenvalue weighted by atomic mass is 16.5. The van der Waals surface area contributed by atoms with Crippen LogP contribution in [0.4, 0.5) is 0 Å². The molecule has 1 rings (SSSR count). The number of nitrogens with one attached hydrogen (secondary N) is 1. The van der Waals surface area contributed by atoms with Crippen molar-refractivity contribution < 1.29 is 19.4 Å². The molecule has 20 heavy (non-hydrogen) atoms. The van der Waals surface area contributed by atoms with E-state index in [-0.39, 0.29) is 12.5 Å². The van der Waals surface area contributed by atoms with Crippen LogP contribution >= 0.6 is 0 Å². The smallest absolute Gasteiger partial charge is 0.312 e. The van der Waals surface area contributed by atoms with Crippen LogP contribution < -0.4 is 10.1 Å². The summed E-state index contributed by atoms with van der Waals surface area (Å²) in [4.78, 5) is 23.2. The summed E-state index contributed by atoms with van der Waals surface area (Å²) < 4.78 is 5.08. The van der Waals surface area contributed by atoms with Gasteiger partial charge in [-0.05, 0) is 17.7 Å². The lowest BCUT2D eigenvalue weighted by molar-refractivity contribution is -0.139. The van der Waals surface area contributed by atoms with Crippen molar-refractivity contribution in [2.45, 2.75) is 26.7 Å². The number of methoxy groups -OCH3 is 1. The molecule has 110 valence electrons. The largest absolute Gasteiger partial charge is 0.497 e. The summed E-state index contributed by atoms with van der Waals surface area (Å²) in [7, 11) is 1.52. The molecule has 2 N–H and O–H groups in total. The third kappa shape index (κ3) is 4.26. The zero-order chi connectivity index (χ0) is 15.3. The lowest BCUT2D eigenvalue weighted by Crippen LogP contribution is -2.38. The highest BCUT2D eigenvalue weighted by Crippen LogP contribution is 2.21. The van der Waals surface area contributed by atoms with Gasteiger partial charge < -0.3 is 15.2 Å². The Hall–Kier alpha value is -2.04. The van der Waals surface area contributed by atoms with Crippen molar-refractivity contribution in [1.29, 1.82) is 0 Å². The Kier molecular flexibility index (Phi) is 5.13. The van der Waals surface area contributed by atoms with E-state index in [1.54, 1.807) is 45.0 Å². The molecule has 0 heterocycles. The van der Waals surface area contributed by atoms with Crippen LogP contribution in [0.5, 0.6) is 5.75 Å². The van der Waals surface area contributed by atoms with Crippen molar-refractivity contribution in [3.63, 3.8) is 0 Å². The number of rotatable bonds is 5. The third-order valence-corrected chi connectivity index (χ3v) is 2.94. The molecule has 0 saturated carbocycles. The summed E-state index contributed by atoms with van der Waals surface area (Å²) in [6.45, 7) is 5.40. The van der Waals surface area contributed by atoms with Crippen LogP contribution in [0, 0.1) is 5.41 Å². The molecule has 0 fully saturated rings. The van der Waals surface area contributed by atoms with Gasteiger partial charge in [0.15, 0.2) is 0 Å². The molecule has 0 radical (unpaired) electrons. The standard InChI is InChI=1S/C15H21NO4/c1-15(2,3)14(19)16-9-12(13(17)18)10-6-5-7-11(8-10)20-4/h5-8,12H,9H2,1-4H3,(H,16,19)(H,17,18)/t12-/m0/s1. The Balaban J connectivity index is 2.85. The van der Waals surface area contributed by atoms with Gasteiger partial charge in [0.05, 0.1) is 13.0 Å². The second-order valence-electron chi connectivity index (χ2n) is 5.63. The molecule has 0 aliphatic heterocycles. The van der Waals surface area contributed by atoms with Gasteiger partial charge in [-0.25, -0.2) is 0 Å². The molecule has 1 atom stereocenters. The number of hydrogen-bond donors (Lipinski definition) is 2. The molecule has 0 bridgehead atoms. The fraction of sp³-hybridized carbons (Fsp3) is 0.467. The maximum atomic E-state index is 11.8. The van der Waals surface area contributed by atoms with E-state index in [0.29, 0.717) is 11.3 Å². The SMILES string of the molecule is COc1cccc([C@H](CNC(=O)C(C)(C)C)C(=O)O)c1. The van der Waals surface area contributed by atoms with Crippen LogP contribution in [0.1, 0.15) is 32.3 Å². The number of hydrogen-bond acceptors (Lipinski definition) is 3. The molecule has 1 amide bonds. The minimum atomic E-state index is -0.979. The van der Waals surface area contributed by atoms with E-state index >= 15 is 0 Å². The number of ether oxygens (including phenoxy) is 1. The van der Waals surface area contributed by atoms with Crippen molar-refractivity contribution in [3.8, 4) is 5.75 Å². The maximum absolute atomic E-state index is 11.8. The highest BCUT2D eigenvalue weighted by molar-refractivity contribution is 5.83. The first-order chi connectivity index (χ1) is 9.25. The van der Waals surface area contributed by atoms with Crippen LogP contribution in [0.15, 0.2) is 24.3 Å². The fourth-order valence-corrected chi connectivity index (χ4v) is 1.67. The van der Waals surface area contributed by atoms with E-state index in [1.807, 2.05) is 0 Å². The Bertz CT molecular complexity index is 491. The topological polar surface area (TPSA) is 75.6 Å². The van der Waals surface area contributed by atoms with Gasteiger partial charge in [-0.1, -0.05) is 32.9 Å². The van der Waals surface area contributed by atoms with E-state index in [2.05, 4.69) is 5.32 Å². The van der Waals surface area contributed by atoms with E-state index in [0.717, 1.165) is 0 Å². The summed E-state index contributed by atoms with van der Waals surface area (Å²) in [5.41, 5.74) is 0.0586. The van der Waals surface area contributed by atoms with Crippen LogP contribution in [0.3, 0.4) is 0 Å². The van der Waals surface area contributed by atoms with Gasteiger partial charge in [0.1, 0.15) is 5.75 Å². The Labute approximate surface area is 118 Å². The summed E-state index contributed by atoms with van der Waals surface area (Å²) in [5, 5.41) is 12.0. The van der Waals surface area contributed by atoms with Gasteiger partial charge in [-0.3, -0.25) is 9.59 Å². The molecule has 1 aromatic rings. The number of amides is 1. The average Bonchev–Trinajstić information content (AvgIpc) is 2.37. The predicted molar refractivity (Wildman–Crippen MR) is 75.8 cm³/mol. The van der Waals surface area contributed by atoms with E-state index in [9.17, 15) is 14.7 Å². The van der Waals surface area contributed by atoms with Gasteiger partial charge in [-0.2, -0.15) is 0 Å². The van der Waals surface area contributed by atoms with Gasteiger partial charge in [0, 0.05) is 12.0 Å². The number of carbonyl (C=O) groups excluding carboxylic acids is 1.